The number of alkyl halides is 3. The summed E-state index contributed by atoms with van der Waals surface area (Å²) in [6.07, 6.45) is -4.74. The van der Waals surface area contributed by atoms with Gasteiger partial charge in [0, 0.05) is 32.1 Å². The Labute approximate surface area is 132 Å². The molecule has 1 aromatic rings. The van der Waals surface area contributed by atoms with E-state index in [0.717, 1.165) is 12.1 Å². The Morgan fingerprint density at radius 2 is 2.09 bits per heavy atom. The predicted octanol–water partition coefficient (Wildman–Crippen LogP) is 1.31. The van der Waals surface area contributed by atoms with E-state index >= 15 is 0 Å². The van der Waals surface area contributed by atoms with E-state index in [1.807, 2.05) is 0 Å². The first kappa shape index (κ1) is 17.8. The van der Waals surface area contributed by atoms with Crippen molar-refractivity contribution in [3.05, 3.63) is 23.8 Å². The molecule has 1 saturated heterocycles. The van der Waals surface area contributed by atoms with Crippen LogP contribution in [0.1, 0.15) is 5.56 Å². The zero-order chi connectivity index (χ0) is 16.9. The van der Waals surface area contributed by atoms with Crippen molar-refractivity contribution in [3.8, 4) is 11.5 Å². The zero-order valence-electron chi connectivity index (χ0n) is 12.8. The molecule has 0 amide bonds. The third-order valence-electron chi connectivity index (χ3n) is 3.66. The maximum atomic E-state index is 12.2. The molecular weight excluding hydrogens is 313 g/mol. The normalized spacial score (nSPS) is 21.4. The largest absolute Gasteiger partial charge is 0.493 e. The van der Waals surface area contributed by atoms with Crippen LogP contribution in [0, 0.1) is 5.92 Å². The van der Waals surface area contributed by atoms with Crippen LogP contribution in [0.5, 0.6) is 11.5 Å². The van der Waals surface area contributed by atoms with E-state index in [1.54, 1.807) is 12.1 Å². The quantitative estimate of drug-likeness (QED) is 0.702. The molecule has 0 aromatic heterocycles. The van der Waals surface area contributed by atoms with Gasteiger partial charge in [0.25, 0.3) is 0 Å². The van der Waals surface area contributed by atoms with Gasteiger partial charge in [0.2, 0.25) is 0 Å². The molecule has 0 bridgehead atoms. The molecule has 0 saturated carbocycles. The molecule has 8 heteroatoms. The Balaban J connectivity index is 1.87. The van der Waals surface area contributed by atoms with Crippen molar-refractivity contribution >= 4 is 0 Å². The number of methoxy groups -OCH3 is 1. The summed E-state index contributed by atoms with van der Waals surface area (Å²) in [7, 11) is 1.38. The van der Waals surface area contributed by atoms with Crippen molar-refractivity contribution in [3.63, 3.8) is 0 Å². The lowest BCUT2D eigenvalue weighted by atomic mass is 10.1. The second-order valence-electron chi connectivity index (χ2n) is 5.51. The molecule has 130 valence electrons. The van der Waals surface area contributed by atoms with Crippen LogP contribution in [0.3, 0.4) is 0 Å². The molecule has 1 heterocycles. The van der Waals surface area contributed by atoms with Crippen molar-refractivity contribution in [2.45, 2.75) is 18.8 Å². The number of aliphatic hydroxyl groups is 1. The highest BCUT2D eigenvalue weighted by molar-refractivity contribution is 5.43. The number of rotatable bonds is 7. The second kappa shape index (κ2) is 7.85. The maximum Gasteiger partial charge on any atom is 0.422 e. The SMILES string of the molecule is COc1cc(CNCC2CNCC2O)ccc1OCC(F)(F)F. The summed E-state index contributed by atoms with van der Waals surface area (Å²) < 4.78 is 46.4. The molecule has 0 aliphatic carbocycles. The Hall–Kier alpha value is -1.51. The zero-order valence-corrected chi connectivity index (χ0v) is 12.8. The van der Waals surface area contributed by atoms with Crippen LogP contribution in [-0.4, -0.2) is 50.7 Å². The summed E-state index contributed by atoms with van der Waals surface area (Å²) in [5.74, 6) is 0.478. The van der Waals surface area contributed by atoms with Crippen molar-refractivity contribution in [2.24, 2.45) is 5.92 Å². The summed E-state index contributed by atoms with van der Waals surface area (Å²) in [6.45, 7) is 1.20. The maximum absolute atomic E-state index is 12.2. The molecule has 2 atom stereocenters. The lowest BCUT2D eigenvalue weighted by Crippen LogP contribution is -2.30. The number of ether oxygens (including phenoxy) is 2. The van der Waals surface area contributed by atoms with Gasteiger partial charge < -0.3 is 25.2 Å². The van der Waals surface area contributed by atoms with Gasteiger partial charge in [-0.1, -0.05) is 6.07 Å². The third kappa shape index (κ3) is 5.56. The lowest BCUT2D eigenvalue weighted by Gasteiger charge is -2.16. The molecule has 1 aliphatic rings. The van der Waals surface area contributed by atoms with Crippen LogP contribution in [0.2, 0.25) is 0 Å². The molecule has 0 spiro atoms. The van der Waals surface area contributed by atoms with Gasteiger partial charge in [-0.3, -0.25) is 0 Å². The number of benzene rings is 1. The molecule has 0 radical (unpaired) electrons. The molecule has 1 aliphatic heterocycles. The number of hydrogen-bond donors (Lipinski definition) is 3. The fourth-order valence-corrected chi connectivity index (χ4v) is 2.43. The fraction of sp³-hybridized carbons (Fsp3) is 0.600. The van der Waals surface area contributed by atoms with Gasteiger partial charge in [-0.25, -0.2) is 0 Å². The Kier molecular flexibility index (Phi) is 6.09. The highest BCUT2D eigenvalue weighted by atomic mass is 19.4. The molecule has 3 N–H and O–H groups in total. The molecule has 2 rings (SSSR count). The smallest absolute Gasteiger partial charge is 0.422 e. The average Bonchev–Trinajstić information content (AvgIpc) is 2.90. The van der Waals surface area contributed by atoms with Crippen LogP contribution < -0.4 is 20.1 Å². The molecule has 1 aromatic carbocycles. The van der Waals surface area contributed by atoms with E-state index in [0.29, 0.717) is 19.6 Å². The van der Waals surface area contributed by atoms with Crippen LogP contribution in [-0.2, 0) is 6.54 Å². The number of β-amino-alcohol motifs (C(OH)–C–C–N with tert-alkyl or cyclic N) is 1. The molecule has 23 heavy (non-hydrogen) atoms. The van der Waals surface area contributed by atoms with Crippen LogP contribution in [0.15, 0.2) is 18.2 Å². The highest BCUT2D eigenvalue weighted by Gasteiger charge is 2.29. The highest BCUT2D eigenvalue weighted by Crippen LogP contribution is 2.29. The topological polar surface area (TPSA) is 62.8 Å². The first-order chi connectivity index (χ1) is 10.9. The van der Waals surface area contributed by atoms with Gasteiger partial charge in [0.05, 0.1) is 13.2 Å². The molecule has 1 fully saturated rings. The molecular formula is C15H21F3N2O3. The summed E-state index contributed by atoms with van der Waals surface area (Å²) in [5.41, 5.74) is 0.863. The Bertz CT molecular complexity index is 511. The minimum atomic E-state index is -4.39. The molecule has 2 unspecified atom stereocenters. The molecule has 5 nitrogen and oxygen atoms in total. The number of hydrogen-bond acceptors (Lipinski definition) is 5. The van der Waals surface area contributed by atoms with Crippen LogP contribution in [0.4, 0.5) is 13.2 Å². The van der Waals surface area contributed by atoms with E-state index in [4.69, 9.17) is 9.47 Å². The number of halogens is 3. The van der Waals surface area contributed by atoms with E-state index < -0.39 is 12.8 Å². The van der Waals surface area contributed by atoms with E-state index in [2.05, 4.69) is 10.6 Å². The van der Waals surface area contributed by atoms with Gasteiger partial charge in [-0.2, -0.15) is 13.2 Å². The lowest BCUT2D eigenvalue weighted by molar-refractivity contribution is -0.153. The van der Waals surface area contributed by atoms with E-state index in [-0.39, 0.29) is 23.5 Å². The fourth-order valence-electron chi connectivity index (χ4n) is 2.43. The standard InChI is InChI=1S/C15H21F3N2O3/c1-22-14-4-10(2-3-13(14)23-9-15(16,17)18)5-19-6-11-7-20-8-12(11)21/h2-4,11-12,19-21H,5-9H2,1H3. The van der Waals surface area contributed by atoms with Crippen molar-refractivity contribution in [1.29, 1.82) is 0 Å². The number of aliphatic hydroxyl groups excluding tert-OH is 1. The first-order valence-corrected chi connectivity index (χ1v) is 7.35. The minimum Gasteiger partial charge on any atom is -0.493 e. The summed E-state index contributed by atoms with van der Waals surface area (Å²) in [6, 6.07) is 4.79. The summed E-state index contributed by atoms with van der Waals surface area (Å²) >= 11 is 0. The third-order valence-corrected chi connectivity index (χ3v) is 3.66. The monoisotopic (exact) mass is 334 g/mol. The van der Waals surface area contributed by atoms with Crippen molar-refractivity contribution in [1.82, 2.24) is 10.6 Å². The Morgan fingerprint density at radius 3 is 2.70 bits per heavy atom. The predicted molar refractivity (Wildman–Crippen MR) is 78.6 cm³/mol. The van der Waals surface area contributed by atoms with Crippen molar-refractivity contribution < 1.29 is 27.8 Å². The van der Waals surface area contributed by atoms with Gasteiger partial charge in [-0.15, -0.1) is 0 Å². The Morgan fingerprint density at radius 1 is 1.30 bits per heavy atom. The van der Waals surface area contributed by atoms with Gasteiger partial charge in [0.1, 0.15) is 0 Å². The van der Waals surface area contributed by atoms with Gasteiger partial charge in [0.15, 0.2) is 18.1 Å². The van der Waals surface area contributed by atoms with Crippen LogP contribution in [0.25, 0.3) is 0 Å². The van der Waals surface area contributed by atoms with E-state index in [1.165, 1.54) is 13.2 Å². The summed E-state index contributed by atoms with van der Waals surface area (Å²) in [4.78, 5) is 0. The second-order valence-corrected chi connectivity index (χ2v) is 5.51. The average molecular weight is 334 g/mol. The van der Waals surface area contributed by atoms with Crippen molar-refractivity contribution in [2.75, 3.05) is 33.4 Å². The first-order valence-electron chi connectivity index (χ1n) is 7.35. The summed E-state index contributed by atoms with van der Waals surface area (Å²) in [5, 5.41) is 16.0. The number of nitrogens with one attached hydrogen (secondary N) is 2. The van der Waals surface area contributed by atoms with Gasteiger partial charge >= 0.3 is 6.18 Å². The van der Waals surface area contributed by atoms with Gasteiger partial charge in [-0.05, 0) is 17.7 Å². The van der Waals surface area contributed by atoms with Crippen LogP contribution >= 0.6 is 0 Å². The minimum absolute atomic E-state index is 0.0593. The van der Waals surface area contributed by atoms with E-state index in [9.17, 15) is 18.3 Å².